The molecule has 1 aliphatic heterocycles. The van der Waals surface area contributed by atoms with Crippen molar-refractivity contribution in [2.45, 2.75) is 38.0 Å². The van der Waals surface area contributed by atoms with Crippen molar-refractivity contribution in [3.05, 3.63) is 17.0 Å². The molecule has 15 heavy (non-hydrogen) atoms. The lowest BCUT2D eigenvalue weighted by Crippen LogP contribution is -2.15. The minimum Gasteiger partial charge on any atom is -0.381 e. The van der Waals surface area contributed by atoms with Gasteiger partial charge in [-0.3, -0.25) is 5.10 Å². The van der Waals surface area contributed by atoms with Gasteiger partial charge in [-0.1, -0.05) is 6.92 Å². The van der Waals surface area contributed by atoms with Crippen LogP contribution in [0.1, 0.15) is 42.6 Å². The number of aromatic amines is 1. The Morgan fingerprint density at radius 1 is 1.47 bits per heavy atom. The third kappa shape index (κ3) is 2.18. The van der Waals surface area contributed by atoms with Crippen LogP contribution in [0.2, 0.25) is 0 Å². The summed E-state index contributed by atoms with van der Waals surface area (Å²) in [7, 11) is 0. The SMILES string of the molecule is CCc1[nH]nc(C2CCOCC2)c1CCl. The van der Waals surface area contributed by atoms with Gasteiger partial charge in [0.25, 0.3) is 0 Å². The van der Waals surface area contributed by atoms with Crippen molar-refractivity contribution in [2.24, 2.45) is 0 Å². The molecular weight excluding hydrogens is 212 g/mol. The Bertz CT molecular complexity index is 318. The molecule has 0 saturated carbocycles. The smallest absolute Gasteiger partial charge is 0.0701 e. The van der Waals surface area contributed by atoms with Crippen molar-refractivity contribution < 1.29 is 4.74 Å². The fraction of sp³-hybridized carbons (Fsp3) is 0.727. The van der Waals surface area contributed by atoms with Gasteiger partial charge < -0.3 is 4.74 Å². The lowest BCUT2D eigenvalue weighted by atomic mass is 9.93. The van der Waals surface area contributed by atoms with Gasteiger partial charge in [0, 0.05) is 30.4 Å². The number of hydrogen-bond acceptors (Lipinski definition) is 2. The summed E-state index contributed by atoms with van der Waals surface area (Å²) >= 11 is 5.99. The number of aryl methyl sites for hydroxylation is 1. The van der Waals surface area contributed by atoms with E-state index >= 15 is 0 Å². The lowest BCUT2D eigenvalue weighted by molar-refractivity contribution is 0.0843. The summed E-state index contributed by atoms with van der Waals surface area (Å²) in [5.74, 6) is 1.09. The molecule has 1 aliphatic rings. The maximum Gasteiger partial charge on any atom is 0.0701 e. The van der Waals surface area contributed by atoms with Gasteiger partial charge in [0.05, 0.1) is 11.6 Å². The summed E-state index contributed by atoms with van der Waals surface area (Å²) in [6.45, 7) is 3.82. The monoisotopic (exact) mass is 228 g/mol. The van der Waals surface area contributed by atoms with E-state index in [9.17, 15) is 0 Å². The summed E-state index contributed by atoms with van der Waals surface area (Å²) in [6.07, 6.45) is 3.11. The molecule has 1 N–H and O–H groups in total. The Kier molecular flexibility index (Phi) is 3.65. The van der Waals surface area contributed by atoms with E-state index in [1.165, 1.54) is 17.0 Å². The van der Waals surface area contributed by atoms with Gasteiger partial charge in [-0.2, -0.15) is 5.10 Å². The molecule has 0 aromatic carbocycles. The van der Waals surface area contributed by atoms with Crippen LogP contribution in [0.3, 0.4) is 0 Å². The van der Waals surface area contributed by atoms with E-state index in [4.69, 9.17) is 16.3 Å². The van der Waals surface area contributed by atoms with Gasteiger partial charge in [0.2, 0.25) is 0 Å². The first-order valence-corrected chi connectivity index (χ1v) is 6.10. The minimum absolute atomic E-state index is 0.532. The topological polar surface area (TPSA) is 37.9 Å². The Morgan fingerprint density at radius 2 is 2.20 bits per heavy atom. The average molecular weight is 229 g/mol. The van der Waals surface area contributed by atoms with E-state index in [1.807, 2.05) is 0 Å². The minimum atomic E-state index is 0.532. The highest BCUT2D eigenvalue weighted by molar-refractivity contribution is 6.17. The van der Waals surface area contributed by atoms with Crippen LogP contribution in [0.25, 0.3) is 0 Å². The predicted octanol–water partition coefficient (Wildman–Crippen LogP) is 2.60. The molecule has 84 valence electrons. The van der Waals surface area contributed by atoms with Crippen molar-refractivity contribution >= 4 is 11.6 Å². The van der Waals surface area contributed by atoms with Gasteiger partial charge >= 0.3 is 0 Å². The van der Waals surface area contributed by atoms with Crippen molar-refractivity contribution in [1.29, 1.82) is 0 Å². The molecular formula is C11H17ClN2O. The number of rotatable bonds is 3. The van der Waals surface area contributed by atoms with E-state index in [1.54, 1.807) is 0 Å². The molecule has 1 fully saturated rings. The first kappa shape index (κ1) is 11.0. The number of ether oxygens (including phenoxy) is 1. The Morgan fingerprint density at radius 3 is 2.80 bits per heavy atom. The highest BCUT2D eigenvalue weighted by atomic mass is 35.5. The highest BCUT2D eigenvalue weighted by Gasteiger charge is 2.22. The van der Waals surface area contributed by atoms with Crippen molar-refractivity contribution in [1.82, 2.24) is 10.2 Å². The molecule has 3 nitrogen and oxygen atoms in total. The van der Waals surface area contributed by atoms with Crippen LogP contribution in [-0.2, 0) is 17.0 Å². The molecule has 4 heteroatoms. The maximum atomic E-state index is 5.99. The number of hydrogen-bond donors (Lipinski definition) is 1. The molecule has 0 unspecified atom stereocenters. The van der Waals surface area contributed by atoms with E-state index < -0.39 is 0 Å². The molecule has 1 saturated heterocycles. The first-order chi connectivity index (χ1) is 7.36. The van der Waals surface area contributed by atoms with Gasteiger partial charge in [-0.15, -0.1) is 11.6 Å². The van der Waals surface area contributed by atoms with Crippen LogP contribution >= 0.6 is 11.6 Å². The summed E-state index contributed by atoms with van der Waals surface area (Å²) in [5, 5.41) is 7.51. The molecule has 0 aliphatic carbocycles. The second-order valence-corrected chi connectivity index (χ2v) is 4.21. The summed E-state index contributed by atoms with van der Waals surface area (Å²) in [5.41, 5.74) is 3.57. The summed E-state index contributed by atoms with van der Waals surface area (Å²) in [6, 6.07) is 0. The number of nitrogens with zero attached hydrogens (tertiary/aromatic N) is 1. The molecule has 2 rings (SSSR count). The first-order valence-electron chi connectivity index (χ1n) is 5.56. The number of halogens is 1. The van der Waals surface area contributed by atoms with Crippen LogP contribution in [-0.4, -0.2) is 23.4 Å². The zero-order chi connectivity index (χ0) is 10.7. The molecule has 0 bridgehead atoms. The summed E-state index contributed by atoms with van der Waals surface area (Å²) in [4.78, 5) is 0. The van der Waals surface area contributed by atoms with Crippen LogP contribution in [0.4, 0.5) is 0 Å². The number of alkyl halides is 1. The van der Waals surface area contributed by atoms with E-state index in [-0.39, 0.29) is 0 Å². The number of aromatic nitrogens is 2. The van der Waals surface area contributed by atoms with Crippen molar-refractivity contribution in [2.75, 3.05) is 13.2 Å². The molecule has 1 aromatic rings. The Hall–Kier alpha value is -0.540. The van der Waals surface area contributed by atoms with Crippen LogP contribution < -0.4 is 0 Å². The van der Waals surface area contributed by atoms with Crippen LogP contribution in [0.5, 0.6) is 0 Å². The zero-order valence-corrected chi connectivity index (χ0v) is 9.81. The number of nitrogens with one attached hydrogen (secondary N) is 1. The molecule has 0 radical (unpaired) electrons. The molecule has 2 heterocycles. The molecule has 0 atom stereocenters. The average Bonchev–Trinajstić information content (AvgIpc) is 2.72. The van der Waals surface area contributed by atoms with E-state index in [0.29, 0.717) is 11.8 Å². The van der Waals surface area contributed by atoms with Crippen molar-refractivity contribution in [3.8, 4) is 0 Å². The zero-order valence-electron chi connectivity index (χ0n) is 9.05. The maximum absolute atomic E-state index is 5.99. The second kappa shape index (κ2) is 4.99. The third-order valence-corrected chi connectivity index (χ3v) is 3.35. The molecule has 0 amide bonds. The van der Waals surface area contributed by atoms with Gasteiger partial charge in [-0.25, -0.2) is 0 Å². The van der Waals surface area contributed by atoms with Gasteiger partial charge in [0.15, 0.2) is 0 Å². The molecule has 0 spiro atoms. The van der Waals surface area contributed by atoms with E-state index in [2.05, 4.69) is 17.1 Å². The van der Waals surface area contributed by atoms with E-state index in [0.717, 1.165) is 32.5 Å². The second-order valence-electron chi connectivity index (χ2n) is 3.94. The normalized spacial score (nSPS) is 18.3. The fourth-order valence-electron chi connectivity index (χ4n) is 2.17. The lowest BCUT2D eigenvalue weighted by Gasteiger charge is -2.21. The Labute approximate surface area is 95.2 Å². The number of H-pyrrole nitrogens is 1. The van der Waals surface area contributed by atoms with Crippen LogP contribution in [0, 0.1) is 0 Å². The van der Waals surface area contributed by atoms with Gasteiger partial charge in [-0.05, 0) is 19.3 Å². The van der Waals surface area contributed by atoms with Gasteiger partial charge in [0.1, 0.15) is 0 Å². The Balaban J connectivity index is 2.22. The standard InChI is InChI=1S/C11H17ClN2O/c1-2-10-9(7-12)11(14-13-10)8-3-5-15-6-4-8/h8H,2-7H2,1H3,(H,13,14). The third-order valence-electron chi connectivity index (χ3n) is 3.08. The van der Waals surface area contributed by atoms with Crippen LogP contribution in [0.15, 0.2) is 0 Å². The summed E-state index contributed by atoms with van der Waals surface area (Å²) < 4.78 is 5.36. The molecule has 1 aromatic heterocycles. The predicted molar refractivity (Wildman–Crippen MR) is 60.3 cm³/mol. The highest BCUT2D eigenvalue weighted by Crippen LogP contribution is 2.30. The largest absolute Gasteiger partial charge is 0.381 e. The van der Waals surface area contributed by atoms with Crippen molar-refractivity contribution in [3.63, 3.8) is 0 Å². The fourth-order valence-corrected chi connectivity index (χ4v) is 2.47. The quantitative estimate of drug-likeness (QED) is 0.808.